The molecule has 1 N–H and O–H groups in total. The second kappa shape index (κ2) is 3.95. The first-order valence-corrected chi connectivity index (χ1v) is 4.69. The maximum atomic E-state index is 3.98. The van der Waals surface area contributed by atoms with Crippen LogP contribution in [0.15, 0.2) is 30.4 Å². The lowest BCUT2D eigenvalue weighted by molar-refractivity contribution is 1.11. The van der Waals surface area contributed by atoms with Crippen LogP contribution in [0.4, 0.5) is 5.69 Å². The minimum Gasteiger partial charge on any atom is -0.378 e. The van der Waals surface area contributed by atoms with E-state index in [-0.39, 0.29) is 0 Å². The lowest BCUT2D eigenvalue weighted by Gasteiger charge is -2.01. The van der Waals surface area contributed by atoms with Gasteiger partial charge in [-0.25, -0.2) is 9.97 Å². The molecule has 0 saturated heterocycles. The number of aromatic nitrogens is 3. The van der Waals surface area contributed by atoms with Gasteiger partial charge in [-0.3, -0.25) is 4.98 Å². The van der Waals surface area contributed by atoms with Crippen LogP contribution in [0.2, 0.25) is 0 Å². The van der Waals surface area contributed by atoms with E-state index in [1.54, 1.807) is 23.7 Å². The molecule has 0 aromatic carbocycles. The summed E-state index contributed by atoms with van der Waals surface area (Å²) in [6.45, 7) is 0.776. The number of thiazole rings is 1. The van der Waals surface area contributed by atoms with Crippen LogP contribution in [0.25, 0.3) is 0 Å². The molecule has 0 bridgehead atoms. The van der Waals surface area contributed by atoms with E-state index in [0.29, 0.717) is 0 Å². The fourth-order valence-electron chi connectivity index (χ4n) is 0.909. The summed E-state index contributed by atoms with van der Waals surface area (Å²) in [4.78, 5) is 13.0. The lowest BCUT2D eigenvalue weighted by atomic mass is 10.5. The molecule has 2 aromatic heterocycles. The predicted molar refractivity (Wildman–Crippen MR) is 51.5 cm³/mol. The van der Waals surface area contributed by atoms with Gasteiger partial charge >= 0.3 is 0 Å². The zero-order valence-corrected chi connectivity index (χ0v) is 7.66. The van der Waals surface area contributed by atoms with Crippen molar-refractivity contribution in [3.05, 3.63) is 35.3 Å². The molecule has 66 valence electrons. The van der Waals surface area contributed by atoms with Gasteiger partial charge in [0.25, 0.3) is 0 Å². The first kappa shape index (κ1) is 8.12. The summed E-state index contributed by atoms with van der Waals surface area (Å²) in [5, 5.41) is 3.19. The van der Waals surface area contributed by atoms with Gasteiger partial charge in [-0.05, 0) is 0 Å². The Morgan fingerprint density at radius 3 is 2.69 bits per heavy atom. The van der Waals surface area contributed by atoms with Crippen molar-refractivity contribution in [2.75, 3.05) is 5.32 Å². The molecular formula is C8H8N4S. The molecular weight excluding hydrogens is 184 g/mol. The Hall–Kier alpha value is -1.49. The van der Waals surface area contributed by atoms with Gasteiger partial charge in [-0.1, -0.05) is 0 Å². The van der Waals surface area contributed by atoms with E-state index in [1.807, 2.05) is 11.7 Å². The fraction of sp³-hybridized carbons (Fsp3) is 0.125. The number of anilines is 1. The molecule has 2 heterocycles. The largest absolute Gasteiger partial charge is 0.378 e. The van der Waals surface area contributed by atoms with Gasteiger partial charge < -0.3 is 5.32 Å². The average molecular weight is 192 g/mol. The normalized spacial score (nSPS) is 9.85. The standard InChI is InChI=1S/C8H8N4S/c1-7(2-10-5-9-1)12-4-8-3-11-6-13-8/h1-3,5-6,12H,4H2. The third kappa shape index (κ3) is 2.22. The smallest absolute Gasteiger partial charge is 0.115 e. The van der Waals surface area contributed by atoms with Gasteiger partial charge in [-0.2, -0.15) is 0 Å². The Morgan fingerprint density at radius 2 is 2.00 bits per heavy atom. The Kier molecular flexibility index (Phi) is 2.47. The van der Waals surface area contributed by atoms with Crippen LogP contribution in [0.3, 0.4) is 0 Å². The SMILES string of the molecule is c1ncc(NCc2cncs2)cn1. The summed E-state index contributed by atoms with van der Waals surface area (Å²) in [5.74, 6) is 0. The van der Waals surface area contributed by atoms with Gasteiger partial charge in [0.1, 0.15) is 6.33 Å². The van der Waals surface area contributed by atoms with Gasteiger partial charge in [-0.15, -0.1) is 11.3 Å². The molecule has 0 unspecified atom stereocenters. The van der Waals surface area contributed by atoms with Crippen LogP contribution in [0.5, 0.6) is 0 Å². The summed E-state index contributed by atoms with van der Waals surface area (Å²) in [6.07, 6.45) is 6.85. The van der Waals surface area contributed by atoms with Crippen LogP contribution in [-0.2, 0) is 6.54 Å². The molecule has 0 aliphatic rings. The molecule has 0 spiro atoms. The van der Waals surface area contributed by atoms with Crippen molar-refractivity contribution >= 4 is 17.0 Å². The van der Waals surface area contributed by atoms with Gasteiger partial charge in [0.2, 0.25) is 0 Å². The van der Waals surface area contributed by atoms with Crippen LogP contribution in [0.1, 0.15) is 4.88 Å². The second-order valence-corrected chi connectivity index (χ2v) is 3.42. The van der Waals surface area contributed by atoms with Crippen molar-refractivity contribution in [1.82, 2.24) is 15.0 Å². The maximum Gasteiger partial charge on any atom is 0.115 e. The van der Waals surface area contributed by atoms with E-state index in [1.165, 1.54) is 11.2 Å². The highest BCUT2D eigenvalue weighted by molar-refractivity contribution is 7.09. The zero-order valence-electron chi connectivity index (χ0n) is 6.84. The quantitative estimate of drug-likeness (QED) is 0.801. The van der Waals surface area contributed by atoms with E-state index in [0.717, 1.165) is 12.2 Å². The fourth-order valence-corrected chi connectivity index (χ4v) is 1.44. The number of hydrogen-bond acceptors (Lipinski definition) is 5. The van der Waals surface area contributed by atoms with E-state index >= 15 is 0 Å². The Morgan fingerprint density at radius 1 is 1.15 bits per heavy atom. The molecule has 0 aliphatic heterocycles. The monoisotopic (exact) mass is 192 g/mol. The highest BCUT2D eigenvalue weighted by Gasteiger charge is 1.94. The summed E-state index contributed by atoms with van der Waals surface area (Å²) in [6, 6.07) is 0. The highest BCUT2D eigenvalue weighted by atomic mass is 32.1. The van der Waals surface area contributed by atoms with E-state index in [9.17, 15) is 0 Å². The van der Waals surface area contributed by atoms with Gasteiger partial charge in [0, 0.05) is 11.1 Å². The van der Waals surface area contributed by atoms with Crippen LogP contribution < -0.4 is 5.32 Å². The first-order chi connectivity index (χ1) is 6.45. The molecule has 0 saturated carbocycles. The van der Waals surface area contributed by atoms with Crippen molar-refractivity contribution in [2.45, 2.75) is 6.54 Å². The predicted octanol–water partition coefficient (Wildman–Crippen LogP) is 1.55. The van der Waals surface area contributed by atoms with Crippen molar-refractivity contribution in [3.63, 3.8) is 0 Å². The lowest BCUT2D eigenvalue weighted by Crippen LogP contribution is -1.97. The molecule has 0 aliphatic carbocycles. The van der Waals surface area contributed by atoms with Crippen molar-refractivity contribution < 1.29 is 0 Å². The second-order valence-electron chi connectivity index (χ2n) is 2.45. The topological polar surface area (TPSA) is 50.7 Å². The van der Waals surface area contributed by atoms with Crippen LogP contribution in [0, 0.1) is 0 Å². The number of nitrogens with zero attached hydrogens (tertiary/aromatic N) is 3. The minimum atomic E-state index is 0.776. The Balaban J connectivity index is 1.94. The first-order valence-electron chi connectivity index (χ1n) is 3.81. The number of rotatable bonds is 3. The minimum absolute atomic E-state index is 0.776. The molecule has 0 amide bonds. The van der Waals surface area contributed by atoms with E-state index in [4.69, 9.17) is 0 Å². The van der Waals surface area contributed by atoms with Gasteiger partial charge in [0.15, 0.2) is 0 Å². The summed E-state index contributed by atoms with van der Waals surface area (Å²) < 4.78 is 0. The molecule has 0 radical (unpaired) electrons. The third-order valence-electron chi connectivity index (χ3n) is 1.51. The number of nitrogens with one attached hydrogen (secondary N) is 1. The number of hydrogen-bond donors (Lipinski definition) is 1. The maximum absolute atomic E-state index is 3.98. The van der Waals surface area contributed by atoms with Crippen molar-refractivity contribution in [2.24, 2.45) is 0 Å². The molecule has 13 heavy (non-hydrogen) atoms. The van der Waals surface area contributed by atoms with Crippen LogP contribution >= 0.6 is 11.3 Å². The third-order valence-corrected chi connectivity index (χ3v) is 2.29. The van der Waals surface area contributed by atoms with Crippen molar-refractivity contribution in [3.8, 4) is 0 Å². The average Bonchev–Trinajstić information content (AvgIpc) is 2.69. The molecule has 0 atom stereocenters. The highest BCUT2D eigenvalue weighted by Crippen LogP contribution is 2.08. The summed E-state index contributed by atoms with van der Waals surface area (Å²) >= 11 is 1.63. The summed E-state index contributed by atoms with van der Waals surface area (Å²) in [7, 11) is 0. The zero-order chi connectivity index (χ0) is 8.93. The molecule has 2 rings (SSSR count). The summed E-state index contributed by atoms with van der Waals surface area (Å²) in [5.41, 5.74) is 2.74. The van der Waals surface area contributed by atoms with Crippen molar-refractivity contribution in [1.29, 1.82) is 0 Å². The Labute approximate surface area is 79.7 Å². The molecule has 2 aromatic rings. The van der Waals surface area contributed by atoms with Gasteiger partial charge in [0.05, 0.1) is 30.1 Å². The van der Waals surface area contributed by atoms with E-state index < -0.39 is 0 Å². The molecule has 5 heteroatoms. The molecule has 0 fully saturated rings. The van der Waals surface area contributed by atoms with E-state index in [2.05, 4.69) is 20.3 Å². The molecule has 4 nitrogen and oxygen atoms in total. The Bertz CT molecular complexity index is 346. The van der Waals surface area contributed by atoms with Crippen LogP contribution in [-0.4, -0.2) is 15.0 Å².